The highest BCUT2D eigenvalue weighted by atomic mass is 32.2. The van der Waals surface area contributed by atoms with E-state index < -0.39 is 0 Å². The minimum absolute atomic E-state index is 0.0168. The van der Waals surface area contributed by atoms with E-state index in [2.05, 4.69) is 43.4 Å². The van der Waals surface area contributed by atoms with Gasteiger partial charge >= 0.3 is 0 Å². The SMILES string of the molecule is Cc1ccc(Sc2cc(C(=O)NC3CCCCC3C)c3ccccc3n2)cc1. The summed E-state index contributed by atoms with van der Waals surface area (Å²) < 4.78 is 0. The van der Waals surface area contributed by atoms with E-state index in [0.29, 0.717) is 5.92 Å². The maximum absolute atomic E-state index is 13.2. The molecule has 4 heteroatoms. The fourth-order valence-electron chi connectivity index (χ4n) is 3.90. The molecule has 4 rings (SSSR count). The zero-order chi connectivity index (χ0) is 19.5. The summed E-state index contributed by atoms with van der Waals surface area (Å²) in [5.41, 5.74) is 2.82. The first-order chi connectivity index (χ1) is 13.6. The lowest BCUT2D eigenvalue weighted by atomic mass is 9.86. The van der Waals surface area contributed by atoms with E-state index in [0.717, 1.165) is 32.8 Å². The van der Waals surface area contributed by atoms with Gasteiger partial charge in [0.25, 0.3) is 5.91 Å². The number of aromatic nitrogens is 1. The van der Waals surface area contributed by atoms with Gasteiger partial charge < -0.3 is 5.32 Å². The first-order valence-corrected chi connectivity index (χ1v) is 10.9. The minimum Gasteiger partial charge on any atom is -0.349 e. The molecule has 1 saturated carbocycles. The number of fused-ring (bicyclic) bond motifs is 1. The Morgan fingerprint density at radius 1 is 1.07 bits per heavy atom. The molecule has 2 atom stereocenters. The van der Waals surface area contributed by atoms with E-state index in [9.17, 15) is 4.79 Å². The molecule has 1 aliphatic rings. The number of carbonyl (C=O) groups excluding carboxylic acids is 1. The number of hydrogen-bond acceptors (Lipinski definition) is 3. The van der Waals surface area contributed by atoms with E-state index in [1.807, 2.05) is 30.3 Å². The fraction of sp³-hybridized carbons (Fsp3) is 0.333. The lowest BCUT2D eigenvalue weighted by molar-refractivity contribution is 0.0911. The molecule has 2 aromatic carbocycles. The average molecular weight is 391 g/mol. The van der Waals surface area contributed by atoms with Crippen molar-refractivity contribution in [1.29, 1.82) is 0 Å². The van der Waals surface area contributed by atoms with Crippen molar-refractivity contribution in [1.82, 2.24) is 10.3 Å². The number of benzene rings is 2. The Morgan fingerprint density at radius 3 is 2.61 bits per heavy atom. The van der Waals surface area contributed by atoms with Crippen LogP contribution in [0.3, 0.4) is 0 Å². The van der Waals surface area contributed by atoms with Crippen LogP contribution in [0.1, 0.15) is 48.5 Å². The van der Waals surface area contributed by atoms with Crippen LogP contribution in [0.25, 0.3) is 10.9 Å². The van der Waals surface area contributed by atoms with Crippen molar-refractivity contribution in [3.05, 3.63) is 65.7 Å². The second kappa shape index (κ2) is 8.36. The van der Waals surface area contributed by atoms with Crippen LogP contribution in [0.5, 0.6) is 0 Å². The molecular weight excluding hydrogens is 364 g/mol. The van der Waals surface area contributed by atoms with Crippen molar-refractivity contribution >= 4 is 28.6 Å². The van der Waals surface area contributed by atoms with Crippen LogP contribution < -0.4 is 5.32 Å². The normalized spacial score (nSPS) is 19.5. The van der Waals surface area contributed by atoms with Gasteiger partial charge in [-0.1, -0.05) is 67.4 Å². The summed E-state index contributed by atoms with van der Waals surface area (Å²) in [6.07, 6.45) is 4.72. The molecule has 0 bridgehead atoms. The van der Waals surface area contributed by atoms with E-state index >= 15 is 0 Å². The highest BCUT2D eigenvalue weighted by Crippen LogP contribution is 2.30. The Balaban J connectivity index is 1.65. The standard InChI is InChI=1S/C24H26N2OS/c1-16-11-13-18(14-12-16)28-23-15-20(19-8-4-6-10-22(19)25-23)24(27)26-21-9-5-3-7-17(21)2/h4,6,8,10-15,17,21H,3,5,7,9H2,1-2H3,(H,26,27). The van der Waals surface area contributed by atoms with Crippen molar-refractivity contribution in [3.63, 3.8) is 0 Å². The number of aryl methyl sites for hydroxylation is 1. The molecule has 1 heterocycles. The van der Waals surface area contributed by atoms with E-state index in [1.165, 1.54) is 24.8 Å². The van der Waals surface area contributed by atoms with Gasteiger partial charge in [0.2, 0.25) is 0 Å². The second-order valence-corrected chi connectivity index (χ2v) is 8.88. The number of amides is 1. The molecule has 2 unspecified atom stereocenters. The maximum atomic E-state index is 13.2. The molecule has 1 fully saturated rings. The zero-order valence-corrected chi connectivity index (χ0v) is 17.3. The quantitative estimate of drug-likeness (QED) is 0.594. The van der Waals surface area contributed by atoms with Gasteiger partial charge in [-0.3, -0.25) is 4.79 Å². The van der Waals surface area contributed by atoms with Gasteiger partial charge in [0.15, 0.2) is 0 Å². The summed E-state index contributed by atoms with van der Waals surface area (Å²) in [4.78, 5) is 19.1. The maximum Gasteiger partial charge on any atom is 0.252 e. The molecule has 0 spiro atoms. The molecule has 1 aromatic heterocycles. The molecule has 3 aromatic rings. The van der Waals surface area contributed by atoms with Crippen LogP contribution in [0.15, 0.2) is 64.5 Å². The third-order valence-electron chi connectivity index (χ3n) is 5.61. The second-order valence-electron chi connectivity index (χ2n) is 7.78. The van der Waals surface area contributed by atoms with Gasteiger partial charge in [-0.25, -0.2) is 4.98 Å². The number of para-hydroxylation sites is 1. The molecule has 144 valence electrons. The number of nitrogens with zero attached hydrogens (tertiary/aromatic N) is 1. The third-order valence-corrected chi connectivity index (χ3v) is 6.53. The van der Waals surface area contributed by atoms with Gasteiger partial charge in [0.1, 0.15) is 5.03 Å². The van der Waals surface area contributed by atoms with E-state index in [1.54, 1.807) is 11.8 Å². The van der Waals surface area contributed by atoms with Crippen LogP contribution in [0.4, 0.5) is 0 Å². The largest absolute Gasteiger partial charge is 0.349 e. The molecule has 0 radical (unpaired) electrons. The first-order valence-electron chi connectivity index (χ1n) is 10.1. The molecule has 0 aliphatic heterocycles. The van der Waals surface area contributed by atoms with Crippen molar-refractivity contribution < 1.29 is 4.79 Å². The van der Waals surface area contributed by atoms with Gasteiger partial charge in [0.05, 0.1) is 11.1 Å². The van der Waals surface area contributed by atoms with Gasteiger partial charge in [-0.05, 0) is 49.9 Å². The monoisotopic (exact) mass is 390 g/mol. The van der Waals surface area contributed by atoms with Crippen LogP contribution >= 0.6 is 11.8 Å². The number of carbonyl (C=O) groups is 1. The topological polar surface area (TPSA) is 42.0 Å². The van der Waals surface area contributed by atoms with Crippen molar-refractivity contribution in [3.8, 4) is 0 Å². The summed E-state index contributed by atoms with van der Waals surface area (Å²) in [5, 5.41) is 5.06. The molecule has 3 nitrogen and oxygen atoms in total. The minimum atomic E-state index is 0.0168. The Labute approximate surface area is 171 Å². The average Bonchev–Trinajstić information content (AvgIpc) is 2.71. The summed E-state index contributed by atoms with van der Waals surface area (Å²) >= 11 is 1.60. The Morgan fingerprint density at radius 2 is 1.82 bits per heavy atom. The van der Waals surface area contributed by atoms with Crippen LogP contribution in [-0.4, -0.2) is 16.9 Å². The number of rotatable bonds is 4. The van der Waals surface area contributed by atoms with Gasteiger partial charge in [-0.2, -0.15) is 0 Å². The zero-order valence-electron chi connectivity index (χ0n) is 16.4. The lowest BCUT2D eigenvalue weighted by Crippen LogP contribution is -2.41. The molecular formula is C24H26N2OS. The number of nitrogens with one attached hydrogen (secondary N) is 1. The molecule has 1 aliphatic carbocycles. The Bertz CT molecular complexity index is 984. The summed E-state index contributed by atoms with van der Waals surface area (Å²) in [5.74, 6) is 0.551. The molecule has 1 N–H and O–H groups in total. The van der Waals surface area contributed by atoms with Crippen LogP contribution in [0, 0.1) is 12.8 Å². The first kappa shape index (κ1) is 19.0. The molecule has 28 heavy (non-hydrogen) atoms. The Kier molecular flexibility index (Phi) is 5.67. The lowest BCUT2D eigenvalue weighted by Gasteiger charge is -2.29. The van der Waals surface area contributed by atoms with Crippen molar-refractivity contribution in [2.45, 2.75) is 55.5 Å². The molecule has 1 amide bonds. The Hall–Kier alpha value is -2.33. The van der Waals surface area contributed by atoms with Gasteiger partial charge in [-0.15, -0.1) is 0 Å². The van der Waals surface area contributed by atoms with E-state index in [4.69, 9.17) is 4.98 Å². The van der Waals surface area contributed by atoms with Gasteiger partial charge in [0, 0.05) is 16.3 Å². The molecule has 0 saturated heterocycles. The summed E-state index contributed by atoms with van der Waals surface area (Å²) in [6.45, 7) is 4.32. The van der Waals surface area contributed by atoms with Crippen LogP contribution in [0.2, 0.25) is 0 Å². The van der Waals surface area contributed by atoms with Crippen LogP contribution in [-0.2, 0) is 0 Å². The van der Waals surface area contributed by atoms with E-state index in [-0.39, 0.29) is 11.9 Å². The van der Waals surface area contributed by atoms with Crippen molar-refractivity contribution in [2.24, 2.45) is 5.92 Å². The predicted octanol–water partition coefficient (Wildman–Crippen LogP) is 6.00. The smallest absolute Gasteiger partial charge is 0.252 e. The summed E-state index contributed by atoms with van der Waals surface area (Å²) in [6, 6.07) is 18.5. The fourth-order valence-corrected chi connectivity index (χ4v) is 4.73. The predicted molar refractivity (Wildman–Crippen MR) is 116 cm³/mol. The summed E-state index contributed by atoms with van der Waals surface area (Å²) in [7, 11) is 0. The number of hydrogen-bond donors (Lipinski definition) is 1. The highest BCUT2D eigenvalue weighted by Gasteiger charge is 2.24. The highest BCUT2D eigenvalue weighted by molar-refractivity contribution is 7.99. The number of pyridine rings is 1. The third kappa shape index (κ3) is 4.22. The van der Waals surface area contributed by atoms with Crippen molar-refractivity contribution in [2.75, 3.05) is 0 Å².